The smallest absolute Gasteiger partial charge is 0.341 e. The summed E-state index contributed by atoms with van der Waals surface area (Å²) in [6, 6.07) is 2.69. The van der Waals surface area contributed by atoms with Gasteiger partial charge in [0.25, 0.3) is 0 Å². The summed E-state index contributed by atoms with van der Waals surface area (Å²) >= 11 is 0. The van der Waals surface area contributed by atoms with E-state index >= 15 is 0 Å². The van der Waals surface area contributed by atoms with Crippen LogP contribution in [0.3, 0.4) is 0 Å². The zero-order chi connectivity index (χ0) is 13.0. The summed E-state index contributed by atoms with van der Waals surface area (Å²) in [5.74, 6) is -1.47. The number of halogens is 1. The maximum Gasteiger partial charge on any atom is 0.341 e. The predicted octanol–water partition coefficient (Wildman–Crippen LogP) is 1.54. The van der Waals surface area contributed by atoms with Crippen molar-refractivity contribution in [2.24, 2.45) is 0 Å². The summed E-state index contributed by atoms with van der Waals surface area (Å²) in [5, 5.41) is 9.24. The first-order chi connectivity index (χ1) is 7.99. The molecule has 0 saturated carbocycles. The van der Waals surface area contributed by atoms with Gasteiger partial charge in [0.05, 0.1) is 20.3 Å². The molecule has 94 valence electrons. The van der Waals surface area contributed by atoms with Crippen LogP contribution in [0, 0.1) is 5.82 Å². The lowest BCUT2D eigenvalue weighted by Crippen LogP contribution is -2.10. The van der Waals surface area contributed by atoms with Crippen molar-refractivity contribution in [1.29, 1.82) is 0 Å². The van der Waals surface area contributed by atoms with E-state index in [0.29, 0.717) is 5.56 Å². The molecule has 1 unspecified atom stereocenters. The van der Waals surface area contributed by atoms with E-state index in [1.165, 1.54) is 26.4 Å². The van der Waals surface area contributed by atoms with Crippen molar-refractivity contribution >= 4 is 5.97 Å². The molecule has 1 aromatic carbocycles. The number of hydrogen-bond acceptors (Lipinski definition) is 4. The highest BCUT2D eigenvalue weighted by Gasteiger charge is 2.18. The van der Waals surface area contributed by atoms with Gasteiger partial charge in [-0.05, 0) is 31.0 Å². The Hall–Kier alpha value is -1.62. The van der Waals surface area contributed by atoms with Gasteiger partial charge < -0.3 is 14.6 Å². The second kappa shape index (κ2) is 5.63. The first-order valence-electron chi connectivity index (χ1n) is 5.12. The Morgan fingerprint density at radius 1 is 1.47 bits per heavy atom. The standard InChI is InChI=1S/C12H15FO4/c1-7(14)4-8-5-9(12(15)17-3)11(16-2)10(13)6-8/h5-7,14H,4H2,1-3H3. The third-order valence-corrected chi connectivity index (χ3v) is 2.24. The molecule has 0 fully saturated rings. The molecule has 1 aromatic rings. The van der Waals surface area contributed by atoms with Crippen molar-refractivity contribution in [2.45, 2.75) is 19.4 Å². The summed E-state index contributed by atoms with van der Waals surface area (Å²) in [7, 11) is 2.49. The number of ether oxygens (including phenoxy) is 2. The molecule has 0 spiro atoms. The van der Waals surface area contributed by atoms with E-state index in [-0.39, 0.29) is 17.7 Å². The van der Waals surface area contributed by atoms with Crippen molar-refractivity contribution in [2.75, 3.05) is 14.2 Å². The van der Waals surface area contributed by atoms with Crippen LogP contribution < -0.4 is 4.74 Å². The van der Waals surface area contributed by atoms with Crippen molar-refractivity contribution in [3.63, 3.8) is 0 Å². The maximum absolute atomic E-state index is 13.6. The van der Waals surface area contributed by atoms with E-state index in [9.17, 15) is 14.3 Å². The first kappa shape index (κ1) is 13.4. The lowest BCUT2D eigenvalue weighted by molar-refractivity contribution is 0.0595. The summed E-state index contributed by atoms with van der Waals surface area (Å²) in [4.78, 5) is 11.5. The van der Waals surface area contributed by atoms with Crippen molar-refractivity contribution in [3.8, 4) is 5.75 Å². The lowest BCUT2D eigenvalue weighted by Gasteiger charge is -2.11. The minimum Gasteiger partial charge on any atom is -0.493 e. The van der Waals surface area contributed by atoms with E-state index in [2.05, 4.69) is 4.74 Å². The third-order valence-electron chi connectivity index (χ3n) is 2.24. The monoisotopic (exact) mass is 242 g/mol. The Morgan fingerprint density at radius 2 is 2.12 bits per heavy atom. The summed E-state index contributed by atoms with van der Waals surface area (Å²) in [6.45, 7) is 1.58. The number of methoxy groups -OCH3 is 2. The van der Waals surface area contributed by atoms with Crippen LogP contribution in [0.2, 0.25) is 0 Å². The number of carbonyl (C=O) groups is 1. The summed E-state index contributed by atoms with van der Waals surface area (Å²) in [6.07, 6.45) is -0.362. The Balaban J connectivity index is 3.23. The van der Waals surface area contributed by atoms with Crippen LogP contribution in [0.15, 0.2) is 12.1 Å². The topological polar surface area (TPSA) is 55.8 Å². The molecule has 0 aromatic heterocycles. The molecule has 0 radical (unpaired) electrons. The van der Waals surface area contributed by atoms with Crippen LogP contribution in [0.1, 0.15) is 22.8 Å². The van der Waals surface area contributed by atoms with E-state index in [1.807, 2.05) is 0 Å². The van der Waals surface area contributed by atoms with Crippen LogP contribution in [-0.4, -0.2) is 31.4 Å². The minimum absolute atomic E-state index is 0.0191. The quantitative estimate of drug-likeness (QED) is 0.814. The highest BCUT2D eigenvalue weighted by atomic mass is 19.1. The minimum atomic E-state index is -0.673. The van der Waals surface area contributed by atoms with E-state index < -0.39 is 17.9 Å². The predicted molar refractivity (Wildman–Crippen MR) is 59.7 cm³/mol. The molecule has 0 aliphatic carbocycles. The fraction of sp³-hybridized carbons (Fsp3) is 0.417. The Bertz CT molecular complexity index is 415. The highest BCUT2D eigenvalue weighted by Crippen LogP contribution is 2.25. The molecular weight excluding hydrogens is 227 g/mol. The molecule has 0 amide bonds. The van der Waals surface area contributed by atoms with Gasteiger partial charge in [-0.2, -0.15) is 0 Å². The molecule has 0 aliphatic heterocycles. The molecule has 0 saturated heterocycles. The van der Waals surface area contributed by atoms with Gasteiger partial charge in [-0.3, -0.25) is 0 Å². The Morgan fingerprint density at radius 3 is 2.59 bits per heavy atom. The molecule has 1 rings (SSSR count). The molecule has 0 aliphatic rings. The average Bonchev–Trinajstić information content (AvgIpc) is 2.26. The number of benzene rings is 1. The zero-order valence-electron chi connectivity index (χ0n) is 9.99. The summed E-state index contributed by atoms with van der Waals surface area (Å²) in [5.41, 5.74) is 0.532. The van der Waals surface area contributed by atoms with Crippen molar-refractivity contribution < 1.29 is 23.8 Å². The average molecular weight is 242 g/mol. The Labute approximate surface area is 99.0 Å². The molecule has 0 heterocycles. The van der Waals surface area contributed by atoms with Gasteiger partial charge in [-0.25, -0.2) is 9.18 Å². The van der Waals surface area contributed by atoms with Crippen LogP contribution >= 0.6 is 0 Å². The number of carbonyl (C=O) groups excluding carboxylic acids is 1. The SMILES string of the molecule is COC(=O)c1cc(CC(C)O)cc(F)c1OC. The van der Waals surface area contributed by atoms with Gasteiger partial charge in [0.1, 0.15) is 5.56 Å². The number of rotatable bonds is 4. The number of aliphatic hydroxyl groups excluding tert-OH is 1. The summed E-state index contributed by atoms with van der Waals surface area (Å²) < 4.78 is 23.0. The Kier molecular flexibility index (Phi) is 4.45. The first-order valence-corrected chi connectivity index (χ1v) is 5.12. The molecule has 0 bridgehead atoms. The fourth-order valence-corrected chi connectivity index (χ4v) is 1.58. The number of aliphatic hydroxyl groups is 1. The number of hydrogen-bond donors (Lipinski definition) is 1. The maximum atomic E-state index is 13.6. The zero-order valence-corrected chi connectivity index (χ0v) is 9.99. The molecule has 5 heteroatoms. The molecule has 1 N–H and O–H groups in total. The van der Waals surface area contributed by atoms with E-state index in [1.54, 1.807) is 6.92 Å². The number of esters is 1. The second-order valence-electron chi connectivity index (χ2n) is 3.70. The van der Waals surface area contributed by atoms with Gasteiger partial charge in [-0.1, -0.05) is 0 Å². The third kappa shape index (κ3) is 3.17. The van der Waals surface area contributed by atoms with Crippen molar-refractivity contribution in [1.82, 2.24) is 0 Å². The molecule has 1 atom stereocenters. The fourth-order valence-electron chi connectivity index (χ4n) is 1.58. The van der Waals surface area contributed by atoms with E-state index in [4.69, 9.17) is 4.74 Å². The van der Waals surface area contributed by atoms with Crippen LogP contribution in [0.4, 0.5) is 4.39 Å². The lowest BCUT2D eigenvalue weighted by atomic mass is 10.0. The highest BCUT2D eigenvalue weighted by molar-refractivity contribution is 5.92. The van der Waals surface area contributed by atoms with Gasteiger partial charge in [0.15, 0.2) is 11.6 Å². The van der Waals surface area contributed by atoms with Gasteiger partial charge in [-0.15, -0.1) is 0 Å². The normalized spacial score (nSPS) is 12.1. The largest absolute Gasteiger partial charge is 0.493 e. The van der Waals surface area contributed by atoms with E-state index in [0.717, 1.165) is 0 Å². The van der Waals surface area contributed by atoms with Crippen LogP contribution in [0.5, 0.6) is 5.75 Å². The molecule has 17 heavy (non-hydrogen) atoms. The molecular formula is C12H15FO4. The second-order valence-corrected chi connectivity index (χ2v) is 3.70. The van der Waals surface area contributed by atoms with Gasteiger partial charge in [0, 0.05) is 0 Å². The van der Waals surface area contributed by atoms with Crippen LogP contribution in [0.25, 0.3) is 0 Å². The molecule has 4 nitrogen and oxygen atoms in total. The van der Waals surface area contributed by atoms with Crippen LogP contribution in [-0.2, 0) is 11.2 Å². The van der Waals surface area contributed by atoms with Gasteiger partial charge in [0.2, 0.25) is 0 Å². The van der Waals surface area contributed by atoms with Gasteiger partial charge >= 0.3 is 5.97 Å². The van der Waals surface area contributed by atoms with Crippen molar-refractivity contribution in [3.05, 3.63) is 29.1 Å².